The highest BCUT2D eigenvalue weighted by Crippen LogP contribution is 2.24. The molecular formula is C20H18N4O4S2. The van der Waals surface area contributed by atoms with Crippen LogP contribution in [-0.4, -0.2) is 36.7 Å². The fourth-order valence-corrected chi connectivity index (χ4v) is 4.93. The van der Waals surface area contributed by atoms with Crippen molar-refractivity contribution in [1.29, 1.82) is 0 Å². The number of carbonyl (C=O) groups excluding carboxylic acids is 2. The second-order valence-electron chi connectivity index (χ2n) is 6.62. The molecule has 8 nitrogen and oxygen atoms in total. The van der Waals surface area contributed by atoms with Crippen LogP contribution >= 0.6 is 11.3 Å². The number of nitrogens with one attached hydrogen (secondary N) is 1. The number of rotatable bonds is 7. The zero-order valence-electron chi connectivity index (χ0n) is 15.8. The first-order valence-electron chi connectivity index (χ1n) is 9.25. The second-order valence-corrected chi connectivity index (χ2v) is 9.25. The van der Waals surface area contributed by atoms with Crippen LogP contribution in [0.1, 0.15) is 18.5 Å². The van der Waals surface area contributed by atoms with Crippen molar-refractivity contribution in [1.82, 2.24) is 14.7 Å². The van der Waals surface area contributed by atoms with E-state index in [9.17, 15) is 18.0 Å². The van der Waals surface area contributed by atoms with Gasteiger partial charge in [-0.15, -0.1) is 11.3 Å². The highest BCUT2D eigenvalue weighted by Gasteiger charge is 2.30. The smallest absolute Gasteiger partial charge is 0.240 e. The molecule has 3 heterocycles. The Morgan fingerprint density at radius 1 is 1.03 bits per heavy atom. The van der Waals surface area contributed by atoms with Crippen molar-refractivity contribution in [2.24, 2.45) is 0 Å². The first-order chi connectivity index (χ1) is 14.4. The van der Waals surface area contributed by atoms with Gasteiger partial charge in [0.15, 0.2) is 0 Å². The second kappa shape index (κ2) is 8.42. The first-order valence-corrected chi connectivity index (χ1v) is 11.6. The zero-order chi connectivity index (χ0) is 21.1. The lowest BCUT2D eigenvalue weighted by molar-refractivity contribution is -0.121. The molecule has 0 atom stereocenters. The normalized spacial score (nSPS) is 14.5. The van der Waals surface area contributed by atoms with Gasteiger partial charge in [0, 0.05) is 37.4 Å². The van der Waals surface area contributed by atoms with Crippen LogP contribution in [0.3, 0.4) is 0 Å². The van der Waals surface area contributed by atoms with Gasteiger partial charge in [-0.3, -0.25) is 19.5 Å². The first kappa shape index (κ1) is 20.3. The topological polar surface area (TPSA) is 109 Å². The maximum atomic E-state index is 12.5. The quantitative estimate of drug-likeness (QED) is 0.563. The molecule has 10 heteroatoms. The lowest BCUT2D eigenvalue weighted by atomic mass is 10.3. The molecule has 0 spiro atoms. The number of thiazole rings is 1. The number of pyridine rings is 1. The molecule has 1 saturated heterocycles. The summed E-state index contributed by atoms with van der Waals surface area (Å²) in [6.45, 7) is 0.193. The molecule has 4 rings (SSSR count). The van der Waals surface area contributed by atoms with Crippen molar-refractivity contribution in [3.8, 4) is 10.7 Å². The molecule has 2 amide bonds. The van der Waals surface area contributed by atoms with Crippen LogP contribution in [-0.2, 0) is 26.0 Å². The number of imide groups is 1. The minimum Gasteiger partial charge on any atom is -0.274 e. The van der Waals surface area contributed by atoms with Crippen molar-refractivity contribution in [3.63, 3.8) is 0 Å². The largest absolute Gasteiger partial charge is 0.274 e. The minimum atomic E-state index is -3.72. The Labute approximate surface area is 177 Å². The number of sulfonamides is 1. The molecule has 0 aliphatic carbocycles. The predicted molar refractivity (Wildman–Crippen MR) is 112 cm³/mol. The van der Waals surface area contributed by atoms with E-state index >= 15 is 0 Å². The molecule has 1 fully saturated rings. The molecule has 0 unspecified atom stereocenters. The molecular weight excluding hydrogens is 424 g/mol. The van der Waals surface area contributed by atoms with Crippen LogP contribution in [0.15, 0.2) is 58.9 Å². The fourth-order valence-electron chi connectivity index (χ4n) is 3.06. The number of benzene rings is 1. The summed E-state index contributed by atoms with van der Waals surface area (Å²) >= 11 is 1.46. The lowest BCUT2D eigenvalue weighted by Crippen LogP contribution is -2.29. The van der Waals surface area contributed by atoms with Gasteiger partial charge in [-0.05, 0) is 36.4 Å². The van der Waals surface area contributed by atoms with Crippen LogP contribution < -0.4 is 9.62 Å². The van der Waals surface area contributed by atoms with E-state index in [4.69, 9.17) is 0 Å². The maximum Gasteiger partial charge on any atom is 0.240 e. The van der Waals surface area contributed by atoms with Gasteiger partial charge in [-0.2, -0.15) is 0 Å². The summed E-state index contributed by atoms with van der Waals surface area (Å²) < 4.78 is 27.6. The van der Waals surface area contributed by atoms with Gasteiger partial charge in [0.25, 0.3) is 0 Å². The highest BCUT2D eigenvalue weighted by atomic mass is 32.2. The number of aromatic nitrogens is 2. The summed E-state index contributed by atoms with van der Waals surface area (Å²) in [6, 6.07) is 11.3. The number of anilines is 1. The molecule has 2 aromatic heterocycles. The standard InChI is InChI=1S/C20H18N4O4S2/c25-18-8-9-19(26)24(18)15-4-6-16(7-5-15)30(27,28)22-12-10-14-13-29-20(23-14)17-3-1-2-11-21-17/h1-7,11,13,22H,8-10,12H2. The van der Waals surface area contributed by atoms with Crippen LogP contribution in [0.2, 0.25) is 0 Å². The van der Waals surface area contributed by atoms with Gasteiger partial charge in [0.05, 0.1) is 22.0 Å². The predicted octanol–water partition coefficient (Wildman–Crippen LogP) is 2.38. The molecule has 30 heavy (non-hydrogen) atoms. The van der Waals surface area contributed by atoms with Gasteiger partial charge in [0.1, 0.15) is 5.01 Å². The Hall–Kier alpha value is -2.95. The summed E-state index contributed by atoms with van der Waals surface area (Å²) in [7, 11) is -3.72. The van der Waals surface area contributed by atoms with Crippen LogP contribution in [0.5, 0.6) is 0 Å². The van der Waals surface area contributed by atoms with Crippen LogP contribution in [0.25, 0.3) is 10.7 Å². The number of hydrogen-bond acceptors (Lipinski definition) is 7. The third-order valence-electron chi connectivity index (χ3n) is 4.57. The van der Waals surface area contributed by atoms with E-state index in [1.807, 2.05) is 23.6 Å². The average Bonchev–Trinajstić information content (AvgIpc) is 3.35. The summed E-state index contributed by atoms with van der Waals surface area (Å²) in [5.41, 5.74) is 1.94. The van der Waals surface area contributed by atoms with E-state index in [1.54, 1.807) is 6.20 Å². The Bertz CT molecular complexity index is 1160. The maximum absolute atomic E-state index is 12.5. The van der Waals surface area contributed by atoms with Gasteiger partial charge in [-0.1, -0.05) is 6.07 Å². The number of hydrogen-bond donors (Lipinski definition) is 1. The van der Waals surface area contributed by atoms with Crippen molar-refractivity contribution in [2.75, 3.05) is 11.4 Å². The molecule has 1 aromatic carbocycles. The third-order valence-corrected chi connectivity index (χ3v) is 6.96. The summed E-state index contributed by atoms with van der Waals surface area (Å²) in [4.78, 5) is 33.5. The summed E-state index contributed by atoms with van der Waals surface area (Å²) in [6.07, 6.45) is 2.50. The van der Waals surface area contributed by atoms with E-state index in [0.29, 0.717) is 12.1 Å². The monoisotopic (exact) mass is 442 g/mol. The molecule has 0 radical (unpaired) electrons. The Kier molecular flexibility index (Phi) is 5.71. The van der Waals surface area contributed by atoms with E-state index in [-0.39, 0.29) is 36.1 Å². The SMILES string of the molecule is O=C1CCC(=O)N1c1ccc(S(=O)(=O)NCCc2csc(-c3ccccn3)n2)cc1. The molecule has 3 aromatic rings. The van der Waals surface area contributed by atoms with Crippen LogP contribution in [0.4, 0.5) is 5.69 Å². The van der Waals surface area contributed by atoms with Crippen molar-refractivity contribution in [3.05, 3.63) is 59.7 Å². The van der Waals surface area contributed by atoms with Crippen molar-refractivity contribution >= 4 is 38.9 Å². The van der Waals surface area contributed by atoms with Gasteiger partial charge in [0.2, 0.25) is 21.8 Å². The van der Waals surface area contributed by atoms with Crippen molar-refractivity contribution < 1.29 is 18.0 Å². The van der Waals surface area contributed by atoms with Gasteiger partial charge in [-0.25, -0.2) is 18.1 Å². The van der Waals surface area contributed by atoms with E-state index in [1.165, 1.54) is 35.6 Å². The number of nitrogens with zero attached hydrogens (tertiary/aromatic N) is 3. The third kappa shape index (κ3) is 4.30. The highest BCUT2D eigenvalue weighted by molar-refractivity contribution is 7.89. The van der Waals surface area contributed by atoms with Gasteiger partial charge < -0.3 is 0 Å². The van der Waals surface area contributed by atoms with Crippen molar-refractivity contribution in [2.45, 2.75) is 24.2 Å². The lowest BCUT2D eigenvalue weighted by Gasteiger charge is -2.14. The number of amides is 2. The van der Waals surface area contributed by atoms with E-state index < -0.39 is 10.0 Å². The van der Waals surface area contributed by atoms with Gasteiger partial charge >= 0.3 is 0 Å². The molecule has 1 aliphatic rings. The molecule has 1 aliphatic heterocycles. The molecule has 0 bridgehead atoms. The molecule has 154 valence electrons. The Morgan fingerprint density at radius 3 is 2.43 bits per heavy atom. The molecule has 1 N–H and O–H groups in total. The molecule has 0 saturated carbocycles. The average molecular weight is 443 g/mol. The van der Waals surface area contributed by atoms with E-state index in [0.717, 1.165) is 21.3 Å². The summed E-state index contributed by atoms with van der Waals surface area (Å²) in [5, 5.41) is 2.67. The Morgan fingerprint density at radius 2 is 1.77 bits per heavy atom. The zero-order valence-corrected chi connectivity index (χ0v) is 17.4. The minimum absolute atomic E-state index is 0.0674. The van der Waals surface area contributed by atoms with Crippen LogP contribution in [0, 0.1) is 0 Å². The van der Waals surface area contributed by atoms with E-state index in [2.05, 4.69) is 14.7 Å². The fraction of sp³-hybridized carbons (Fsp3) is 0.200. The number of carbonyl (C=O) groups is 2. The summed E-state index contributed by atoms with van der Waals surface area (Å²) in [5.74, 6) is -0.552. The Balaban J connectivity index is 1.37.